The number of nitrogens with one attached hydrogen (secondary N) is 1. The predicted molar refractivity (Wildman–Crippen MR) is 65.0 cm³/mol. The lowest BCUT2D eigenvalue weighted by molar-refractivity contribution is -0.386. The van der Waals surface area contributed by atoms with E-state index in [1.807, 2.05) is 0 Å². The summed E-state index contributed by atoms with van der Waals surface area (Å²) in [6.07, 6.45) is 2.35. The Bertz CT molecular complexity index is 478. The monoisotopic (exact) mass is 272 g/mol. The maximum atomic E-state index is 13.3. The summed E-state index contributed by atoms with van der Waals surface area (Å²) in [5, 5.41) is 13.3. The average molecular weight is 272 g/mol. The van der Waals surface area contributed by atoms with Gasteiger partial charge in [-0.1, -0.05) is 0 Å². The number of nitro benzene ring substituents is 1. The Morgan fingerprint density at radius 2 is 2.16 bits per heavy atom. The van der Waals surface area contributed by atoms with E-state index in [2.05, 4.69) is 5.32 Å². The zero-order valence-electron chi connectivity index (χ0n) is 10.2. The molecule has 1 fully saturated rings. The van der Waals surface area contributed by atoms with Gasteiger partial charge in [0.25, 0.3) is 0 Å². The summed E-state index contributed by atoms with van der Waals surface area (Å²) in [4.78, 5) is 9.84. The molecule has 7 heteroatoms. The zero-order chi connectivity index (χ0) is 13.8. The second-order valence-electron chi connectivity index (χ2n) is 4.49. The van der Waals surface area contributed by atoms with Crippen molar-refractivity contribution in [2.45, 2.75) is 12.8 Å². The first-order valence-electron chi connectivity index (χ1n) is 6.03. The molecule has 0 bridgehead atoms. The molecular formula is C12H14F2N2O3. The van der Waals surface area contributed by atoms with Crippen LogP contribution in [0.1, 0.15) is 12.8 Å². The molecule has 0 spiro atoms. The molecule has 104 valence electrons. The van der Waals surface area contributed by atoms with Gasteiger partial charge in [0, 0.05) is 25.3 Å². The van der Waals surface area contributed by atoms with Crippen LogP contribution in [0, 0.1) is 27.7 Å². The molecule has 1 aliphatic carbocycles. The fraction of sp³-hybridized carbons (Fsp3) is 0.500. The van der Waals surface area contributed by atoms with Gasteiger partial charge < -0.3 is 10.1 Å². The van der Waals surface area contributed by atoms with Crippen LogP contribution >= 0.6 is 0 Å². The average Bonchev–Trinajstić information content (AvgIpc) is 3.10. The third-order valence-electron chi connectivity index (χ3n) is 2.82. The van der Waals surface area contributed by atoms with Crippen molar-refractivity contribution in [1.29, 1.82) is 0 Å². The van der Waals surface area contributed by atoms with E-state index in [-0.39, 0.29) is 12.2 Å². The molecule has 1 aromatic carbocycles. The minimum Gasteiger partial charge on any atom is -0.379 e. The first-order chi connectivity index (χ1) is 9.08. The summed E-state index contributed by atoms with van der Waals surface area (Å²) >= 11 is 0. The number of anilines is 1. The quantitative estimate of drug-likeness (QED) is 0.471. The highest BCUT2D eigenvalue weighted by atomic mass is 19.1. The van der Waals surface area contributed by atoms with Crippen molar-refractivity contribution in [2.24, 2.45) is 5.92 Å². The Hall–Kier alpha value is -1.76. The van der Waals surface area contributed by atoms with Crippen LogP contribution in [0.4, 0.5) is 20.2 Å². The number of nitro groups is 1. The Morgan fingerprint density at radius 1 is 1.42 bits per heavy atom. The molecule has 1 saturated carbocycles. The zero-order valence-corrected chi connectivity index (χ0v) is 10.2. The van der Waals surface area contributed by atoms with Gasteiger partial charge >= 0.3 is 5.69 Å². The standard InChI is InChI=1S/C12H14F2N2O3/c13-9-5-10(14)12(16(17)18)11(6-9)15-3-4-19-7-8-1-2-8/h5-6,8,15H,1-4,7H2. The third-order valence-corrected chi connectivity index (χ3v) is 2.82. The summed E-state index contributed by atoms with van der Waals surface area (Å²) in [5.74, 6) is -1.42. The summed E-state index contributed by atoms with van der Waals surface area (Å²) < 4.78 is 31.6. The smallest absolute Gasteiger partial charge is 0.327 e. The number of hydrogen-bond acceptors (Lipinski definition) is 4. The van der Waals surface area contributed by atoms with Crippen molar-refractivity contribution >= 4 is 11.4 Å². The highest BCUT2D eigenvalue weighted by Crippen LogP contribution is 2.29. The summed E-state index contributed by atoms with van der Waals surface area (Å²) in [6, 6.07) is 1.40. The van der Waals surface area contributed by atoms with Crippen LogP contribution in [-0.2, 0) is 4.74 Å². The first-order valence-corrected chi connectivity index (χ1v) is 6.03. The molecule has 19 heavy (non-hydrogen) atoms. The lowest BCUT2D eigenvalue weighted by Crippen LogP contribution is -2.12. The Balaban J connectivity index is 1.91. The lowest BCUT2D eigenvalue weighted by Gasteiger charge is -2.08. The molecule has 0 atom stereocenters. The first kappa shape index (κ1) is 13.7. The molecule has 1 aromatic rings. The highest BCUT2D eigenvalue weighted by molar-refractivity contribution is 5.62. The van der Waals surface area contributed by atoms with E-state index in [1.54, 1.807) is 0 Å². The fourth-order valence-corrected chi connectivity index (χ4v) is 1.68. The van der Waals surface area contributed by atoms with Crippen LogP contribution in [0.25, 0.3) is 0 Å². The predicted octanol–water partition coefficient (Wildman–Crippen LogP) is 2.71. The van der Waals surface area contributed by atoms with Gasteiger partial charge in [-0.3, -0.25) is 10.1 Å². The van der Waals surface area contributed by atoms with E-state index >= 15 is 0 Å². The van der Waals surface area contributed by atoms with E-state index in [0.29, 0.717) is 25.2 Å². The largest absolute Gasteiger partial charge is 0.379 e. The molecule has 0 aliphatic heterocycles. The number of ether oxygens (including phenoxy) is 1. The van der Waals surface area contributed by atoms with E-state index in [4.69, 9.17) is 4.74 Å². The van der Waals surface area contributed by atoms with Crippen LogP contribution in [0.5, 0.6) is 0 Å². The number of halogens is 2. The molecule has 0 amide bonds. The summed E-state index contributed by atoms with van der Waals surface area (Å²) in [6.45, 7) is 1.27. The molecule has 0 saturated heterocycles. The van der Waals surface area contributed by atoms with Gasteiger partial charge in [0.1, 0.15) is 11.5 Å². The normalized spacial score (nSPS) is 14.4. The van der Waals surface area contributed by atoms with E-state index < -0.39 is 22.2 Å². The molecule has 0 radical (unpaired) electrons. The van der Waals surface area contributed by atoms with Crippen molar-refractivity contribution in [3.05, 3.63) is 33.9 Å². The highest BCUT2D eigenvalue weighted by Gasteiger charge is 2.22. The molecular weight excluding hydrogens is 258 g/mol. The SMILES string of the molecule is O=[N+]([O-])c1c(F)cc(F)cc1NCCOCC1CC1. The molecule has 5 nitrogen and oxygen atoms in total. The number of nitrogens with zero attached hydrogens (tertiary/aromatic N) is 1. The molecule has 1 aliphatic rings. The second kappa shape index (κ2) is 5.92. The number of hydrogen-bond donors (Lipinski definition) is 1. The van der Waals surface area contributed by atoms with Crippen molar-refractivity contribution in [3.8, 4) is 0 Å². The van der Waals surface area contributed by atoms with Crippen LogP contribution in [0.2, 0.25) is 0 Å². The summed E-state index contributed by atoms with van der Waals surface area (Å²) in [5.41, 5.74) is -0.916. The van der Waals surface area contributed by atoms with Gasteiger partial charge in [-0.2, -0.15) is 4.39 Å². The van der Waals surface area contributed by atoms with Crippen molar-refractivity contribution in [3.63, 3.8) is 0 Å². The van der Waals surface area contributed by atoms with Gasteiger partial charge in [0.2, 0.25) is 5.82 Å². The van der Waals surface area contributed by atoms with Gasteiger partial charge in [-0.05, 0) is 18.8 Å². The van der Waals surface area contributed by atoms with Gasteiger partial charge in [0.15, 0.2) is 0 Å². The van der Waals surface area contributed by atoms with Crippen molar-refractivity contribution < 1.29 is 18.4 Å². The Labute approximate surface area is 108 Å². The topological polar surface area (TPSA) is 64.4 Å². The van der Waals surface area contributed by atoms with Crippen LogP contribution in [0.15, 0.2) is 12.1 Å². The van der Waals surface area contributed by atoms with E-state index in [1.165, 1.54) is 12.8 Å². The fourth-order valence-electron chi connectivity index (χ4n) is 1.68. The van der Waals surface area contributed by atoms with E-state index in [9.17, 15) is 18.9 Å². The number of rotatable bonds is 7. The minimum absolute atomic E-state index is 0.169. The van der Waals surface area contributed by atoms with Crippen molar-refractivity contribution in [2.75, 3.05) is 25.1 Å². The minimum atomic E-state index is -1.19. The maximum Gasteiger partial charge on any atom is 0.327 e. The molecule has 1 N–H and O–H groups in total. The van der Waals surface area contributed by atoms with Gasteiger partial charge in [-0.15, -0.1) is 0 Å². The van der Waals surface area contributed by atoms with Crippen LogP contribution in [0.3, 0.4) is 0 Å². The number of benzene rings is 1. The second-order valence-corrected chi connectivity index (χ2v) is 4.49. The van der Waals surface area contributed by atoms with Crippen molar-refractivity contribution in [1.82, 2.24) is 0 Å². The van der Waals surface area contributed by atoms with E-state index in [0.717, 1.165) is 6.07 Å². The van der Waals surface area contributed by atoms with Crippen LogP contribution < -0.4 is 5.32 Å². The maximum absolute atomic E-state index is 13.3. The van der Waals surface area contributed by atoms with Gasteiger partial charge in [0.05, 0.1) is 11.5 Å². The third kappa shape index (κ3) is 3.85. The molecule has 0 unspecified atom stereocenters. The molecule has 0 aromatic heterocycles. The van der Waals surface area contributed by atoms with Crippen LogP contribution in [-0.4, -0.2) is 24.7 Å². The Kier molecular flexibility index (Phi) is 4.26. The summed E-state index contributed by atoms with van der Waals surface area (Å²) in [7, 11) is 0. The van der Waals surface area contributed by atoms with Gasteiger partial charge in [-0.25, -0.2) is 4.39 Å². The molecule has 0 heterocycles. The molecule has 2 rings (SSSR count). The Morgan fingerprint density at radius 3 is 2.79 bits per heavy atom. The lowest BCUT2D eigenvalue weighted by atomic mass is 10.2.